The summed E-state index contributed by atoms with van der Waals surface area (Å²) in [6, 6.07) is 5.66. The quantitative estimate of drug-likeness (QED) is 0.700. The van der Waals surface area contributed by atoms with Crippen LogP contribution >= 0.6 is 23.2 Å². The monoisotopic (exact) mass is 398 g/mol. The van der Waals surface area contributed by atoms with Gasteiger partial charge in [0.2, 0.25) is 0 Å². The molecule has 0 spiro atoms. The summed E-state index contributed by atoms with van der Waals surface area (Å²) in [6.45, 7) is 2.23. The van der Waals surface area contributed by atoms with E-state index >= 15 is 0 Å². The summed E-state index contributed by atoms with van der Waals surface area (Å²) in [7, 11) is 3.72. The van der Waals surface area contributed by atoms with Gasteiger partial charge in [0.05, 0.1) is 16.1 Å². The highest BCUT2D eigenvalue weighted by Gasteiger charge is 2.37. The van der Waals surface area contributed by atoms with Crippen molar-refractivity contribution in [2.24, 2.45) is 0 Å². The van der Waals surface area contributed by atoms with Crippen LogP contribution in [0.25, 0.3) is 0 Å². The third kappa shape index (κ3) is 4.36. The maximum Gasteiger partial charge on any atom is 0.253 e. The van der Waals surface area contributed by atoms with Crippen LogP contribution < -0.4 is 0 Å². The molecule has 1 saturated heterocycles. The molecule has 1 aliphatic carbocycles. The van der Waals surface area contributed by atoms with Crippen LogP contribution in [0.15, 0.2) is 18.2 Å². The van der Waals surface area contributed by atoms with E-state index in [0.29, 0.717) is 21.7 Å². The molecule has 0 N–H and O–H groups in total. The number of carbonyl (C=O) groups excluding carboxylic acids is 1. The van der Waals surface area contributed by atoms with Crippen molar-refractivity contribution in [2.75, 3.05) is 27.2 Å². The predicted octanol–water partition coefficient (Wildman–Crippen LogP) is 4.49. The van der Waals surface area contributed by atoms with Crippen molar-refractivity contribution in [3.63, 3.8) is 0 Å². The molecule has 1 aromatic carbocycles. The first-order valence-corrected chi connectivity index (χ1v) is 10.3. The summed E-state index contributed by atoms with van der Waals surface area (Å²) < 4.78 is 5.70. The maximum atomic E-state index is 13.1. The lowest BCUT2D eigenvalue weighted by Gasteiger charge is -2.39. The highest BCUT2D eigenvalue weighted by Crippen LogP contribution is 2.31. The number of hydrogen-bond donors (Lipinski definition) is 0. The fourth-order valence-corrected chi connectivity index (χ4v) is 4.70. The molecule has 3 unspecified atom stereocenters. The number of nitrogens with zero attached hydrogens (tertiary/aromatic N) is 2. The molecule has 3 atom stereocenters. The first kappa shape index (κ1) is 19.9. The number of halogens is 2. The highest BCUT2D eigenvalue weighted by atomic mass is 35.5. The zero-order chi connectivity index (χ0) is 18.7. The van der Waals surface area contributed by atoms with E-state index in [1.807, 2.05) is 11.9 Å². The molecule has 0 aromatic heterocycles. The van der Waals surface area contributed by atoms with Gasteiger partial charge in [0.1, 0.15) is 0 Å². The number of carbonyl (C=O) groups is 1. The highest BCUT2D eigenvalue weighted by molar-refractivity contribution is 6.42. The van der Waals surface area contributed by atoms with Crippen molar-refractivity contribution in [1.29, 1.82) is 0 Å². The van der Waals surface area contributed by atoms with E-state index in [1.54, 1.807) is 25.3 Å². The summed E-state index contributed by atoms with van der Waals surface area (Å²) in [6.07, 6.45) is 6.89. The molecule has 1 heterocycles. The Morgan fingerprint density at radius 3 is 2.54 bits per heavy atom. The molecule has 4 nitrogen and oxygen atoms in total. The number of ether oxygens (including phenoxy) is 1. The van der Waals surface area contributed by atoms with Gasteiger partial charge in [0.25, 0.3) is 5.91 Å². The van der Waals surface area contributed by atoms with Crippen LogP contribution in [0.3, 0.4) is 0 Å². The van der Waals surface area contributed by atoms with Gasteiger partial charge in [-0.3, -0.25) is 9.69 Å². The lowest BCUT2D eigenvalue weighted by molar-refractivity contribution is 0.0399. The van der Waals surface area contributed by atoms with Gasteiger partial charge in [0, 0.05) is 31.8 Å². The van der Waals surface area contributed by atoms with Crippen LogP contribution in [-0.2, 0) is 4.74 Å². The van der Waals surface area contributed by atoms with E-state index in [4.69, 9.17) is 27.9 Å². The van der Waals surface area contributed by atoms with E-state index in [0.717, 1.165) is 38.8 Å². The largest absolute Gasteiger partial charge is 0.381 e. The minimum absolute atomic E-state index is 0.00799. The number of likely N-dealkylation sites (tertiary alicyclic amines) is 1. The molecule has 0 bridgehead atoms. The van der Waals surface area contributed by atoms with Crippen LogP contribution in [0.1, 0.15) is 48.9 Å². The second kappa shape index (κ2) is 8.92. The summed E-state index contributed by atoms with van der Waals surface area (Å²) in [5.74, 6) is 0.00799. The van der Waals surface area contributed by atoms with Crippen LogP contribution in [0.4, 0.5) is 0 Å². The fourth-order valence-electron chi connectivity index (χ4n) is 4.41. The molecule has 1 saturated carbocycles. The minimum atomic E-state index is 0.00799. The van der Waals surface area contributed by atoms with Crippen molar-refractivity contribution in [3.8, 4) is 0 Å². The molecular formula is C20H28Cl2N2O2. The average molecular weight is 399 g/mol. The zero-order valence-electron chi connectivity index (χ0n) is 15.6. The molecule has 144 valence electrons. The molecular weight excluding hydrogens is 371 g/mol. The lowest BCUT2D eigenvalue weighted by Crippen LogP contribution is -2.52. The second-order valence-corrected chi connectivity index (χ2v) is 8.26. The number of rotatable bonds is 4. The van der Waals surface area contributed by atoms with Crippen molar-refractivity contribution >= 4 is 29.1 Å². The summed E-state index contributed by atoms with van der Waals surface area (Å²) in [5, 5.41) is 0.889. The van der Waals surface area contributed by atoms with Crippen LogP contribution in [-0.4, -0.2) is 61.1 Å². The Balaban J connectivity index is 1.82. The van der Waals surface area contributed by atoms with Gasteiger partial charge in [0.15, 0.2) is 0 Å². The van der Waals surface area contributed by atoms with E-state index in [-0.39, 0.29) is 18.1 Å². The Kier molecular flexibility index (Phi) is 6.84. The minimum Gasteiger partial charge on any atom is -0.381 e. The first-order chi connectivity index (χ1) is 12.5. The van der Waals surface area contributed by atoms with Gasteiger partial charge in [-0.2, -0.15) is 0 Å². The Bertz CT molecular complexity index is 634. The molecule has 3 rings (SSSR count). The van der Waals surface area contributed by atoms with Gasteiger partial charge < -0.3 is 9.64 Å². The molecule has 1 amide bonds. The predicted molar refractivity (Wildman–Crippen MR) is 106 cm³/mol. The average Bonchev–Trinajstić information content (AvgIpc) is 3.09. The van der Waals surface area contributed by atoms with Crippen molar-refractivity contribution in [2.45, 2.75) is 56.7 Å². The van der Waals surface area contributed by atoms with Crippen LogP contribution in [0.5, 0.6) is 0 Å². The fraction of sp³-hybridized carbons (Fsp3) is 0.650. The number of methoxy groups -OCH3 is 1. The molecule has 2 fully saturated rings. The number of hydrogen-bond acceptors (Lipinski definition) is 3. The first-order valence-electron chi connectivity index (χ1n) is 9.50. The van der Waals surface area contributed by atoms with Gasteiger partial charge in [-0.1, -0.05) is 23.2 Å². The Hall–Kier alpha value is -0.810. The third-order valence-corrected chi connectivity index (χ3v) is 6.64. The molecule has 6 heteroatoms. The van der Waals surface area contributed by atoms with E-state index in [9.17, 15) is 4.79 Å². The van der Waals surface area contributed by atoms with Crippen molar-refractivity contribution in [3.05, 3.63) is 33.8 Å². The molecule has 0 radical (unpaired) electrons. The Morgan fingerprint density at radius 2 is 1.88 bits per heavy atom. The standard InChI is InChI=1S/C20H28Cl2N2O2/c1-23(20(25)14-8-9-16(21)17(22)12-14)18-7-5-6-15(26-2)13-19(18)24-10-3-4-11-24/h8-9,12,15,18-19H,3-7,10-11,13H2,1-2H3. The Labute approximate surface area is 166 Å². The van der Waals surface area contributed by atoms with E-state index < -0.39 is 0 Å². The maximum absolute atomic E-state index is 13.1. The lowest BCUT2D eigenvalue weighted by atomic mass is 9.98. The van der Waals surface area contributed by atoms with Gasteiger partial charge >= 0.3 is 0 Å². The van der Waals surface area contributed by atoms with Gasteiger partial charge in [-0.25, -0.2) is 0 Å². The molecule has 2 aliphatic rings. The molecule has 1 aliphatic heterocycles. The normalized spacial score (nSPS) is 27.3. The number of likely N-dealkylation sites (N-methyl/N-ethyl adjacent to an activating group) is 1. The van der Waals surface area contributed by atoms with Crippen molar-refractivity contribution < 1.29 is 9.53 Å². The summed E-state index contributed by atoms with van der Waals surface area (Å²) >= 11 is 12.1. The Morgan fingerprint density at radius 1 is 1.15 bits per heavy atom. The second-order valence-electron chi connectivity index (χ2n) is 7.45. The smallest absolute Gasteiger partial charge is 0.253 e. The van der Waals surface area contributed by atoms with Crippen LogP contribution in [0, 0.1) is 0 Å². The van der Waals surface area contributed by atoms with Gasteiger partial charge in [-0.15, -0.1) is 0 Å². The number of benzene rings is 1. The zero-order valence-corrected chi connectivity index (χ0v) is 17.1. The summed E-state index contributed by atoms with van der Waals surface area (Å²) in [4.78, 5) is 17.6. The summed E-state index contributed by atoms with van der Waals surface area (Å²) in [5.41, 5.74) is 0.592. The van der Waals surface area contributed by atoms with E-state index in [1.165, 1.54) is 12.8 Å². The molecule has 26 heavy (non-hydrogen) atoms. The van der Waals surface area contributed by atoms with Crippen LogP contribution in [0.2, 0.25) is 10.0 Å². The SMILES string of the molecule is COC1CCCC(N(C)C(=O)c2ccc(Cl)c(Cl)c2)C(N2CCCC2)C1. The number of amides is 1. The van der Waals surface area contributed by atoms with Crippen molar-refractivity contribution in [1.82, 2.24) is 9.80 Å². The molecule has 1 aromatic rings. The van der Waals surface area contributed by atoms with Gasteiger partial charge in [-0.05, 0) is 69.8 Å². The third-order valence-electron chi connectivity index (χ3n) is 5.90. The van der Waals surface area contributed by atoms with E-state index in [2.05, 4.69) is 4.90 Å². The topological polar surface area (TPSA) is 32.8 Å².